The van der Waals surface area contributed by atoms with E-state index in [1.54, 1.807) is 13.8 Å². The van der Waals surface area contributed by atoms with Gasteiger partial charge in [-0.15, -0.1) is 0 Å². The van der Waals surface area contributed by atoms with E-state index in [1.807, 2.05) is 30.7 Å². The molecule has 2 heterocycles. The molecule has 1 N–H and O–H groups in total. The minimum absolute atomic E-state index is 0.108. The highest BCUT2D eigenvalue weighted by atomic mass is 16.6. The van der Waals surface area contributed by atoms with Gasteiger partial charge in [0.25, 0.3) is 0 Å². The standard InChI is InChI=1S/C20H24N6O3/c1-12-8-6-7-9-17(12)10-24-15(4)19(14(3)23-24)21-20(27)16(5)25-11-18(26(28)29)13(2)22-25/h6-9,11,16H,10H2,1-5H3,(H,21,27). The Morgan fingerprint density at radius 1 is 1.17 bits per heavy atom. The van der Waals surface area contributed by atoms with Crippen LogP contribution in [0.15, 0.2) is 30.5 Å². The van der Waals surface area contributed by atoms with Crippen molar-refractivity contribution in [1.29, 1.82) is 0 Å². The van der Waals surface area contributed by atoms with Gasteiger partial charge in [-0.2, -0.15) is 10.2 Å². The smallest absolute Gasteiger partial charge is 0.309 e. The largest absolute Gasteiger partial charge is 0.321 e. The topological polar surface area (TPSA) is 108 Å². The molecule has 0 spiro atoms. The quantitative estimate of drug-likeness (QED) is 0.507. The van der Waals surface area contributed by atoms with Crippen molar-refractivity contribution in [2.24, 2.45) is 0 Å². The maximum Gasteiger partial charge on any atom is 0.309 e. The summed E-state index contributed by atoms with van der Waals surface area (Å²) in [4.78, 5) is 23.3. The van der Waals surface area contributed by atoms with E-state index in [0.29, 0.717) is 17.9 Å². The Morgan fingerprint density at radius 3 is 2.48 bits per heavy atom. The normalized spacial score (nSPS) is 12.0. The fourth-order valence-corrected chi connectivity index (χ4v) is 3.18. The number of carbonyl (C=O) groups is 1. The number of aryl methyl sites for hydroxylation is 3. The van der Waals surface area contributed by atoms with Crippen molar-refractivity contribution in [3.05, 3.63) is 68.8 Å². The fourth-order valence-electron chi connectivity index (χ4n) is 3.18. The molecule has 1 unspecified atom stereocenters. The highest BCUT2D eigenvalue weighted by Crippen LogP contribution is 2.24. The molecule has 1 atom stereocenters. The van der Waals surface area contributed by atoms with E-state index in [2.05, 4.69) is 34.6 Å². The predicted octanol–water partition coefficient (Wildman–Crippen LogP) is 3.47. The average Bonchev–Trinajstić information content (AvgIpc) is 3.18. The van der Waals surface area contributed by atoms with Crippen LogP contribution in [-0.2, 0) is 11.3 Å². The molecule has 29 heavy (non-hydrogen) atoms. The minimum atomic E-state index is -0.707. The first-order chi connectivity index (χ1) is 13.7. The van der Waals surface area contributed by atoms with Gasteiger partial charge >= 0.3 is 5.69 Å². The monoisotopic (exact) mass is 396 g/mol. The van der Waals surface area contributed by atoms with E-state index in [0.717, 1.165) is 11.3 Å². The molecule has 3 rings (SSSR count). The third kappa shape index (κ3) is 4.03. The number of rotatable bonds is 6. The lowest BCUT2D eigenvalue weighted by Crippen LogP contribution is -2.24. The zero-order valence-corrected chi connectivity index (χ0v) is 17.1. The van der Waals surface area contributed by atoms with Crippen LogP contribution in [0, 0.1) is 37.8 Å². The van der Waals surface area contributed by atoms with Crippen molar-refractivity contribution in [2.45, 2.75) is 47.2 Å². The molecule has 1 aromatic carbocycles. The summed E-state index contributed by atoms with van der Waals surface area (Å²) in [6.07, 6.45) is 1.28. The Balaban J connectivity index is 1.80. The van der Waals surface area contributed by atoms with Crippen LogP contribution in [0.4, 0.5) is 11.4 Å². The van der Waals surface area contributed by atoms with Gasteiger partial charge < -0.3 is 5.32 Å². The summed E-state index contributed by atoms with van der Waals surface area (Å²) >= 11 is 0. The van der Waals surface area contributed by atoms with Crippen LogP contribution in [0.25, 0.3) is 0 Å². The molecule has 0 fully saturated rings. The SMILES string of the molecule is Cc1ccccc1Cn1nc(C)c(NC(=O)C(C)n2cc([N+](=O)[O-])c(C)n2)c1C. The molecule has 0 bridgehead atoms. The van der Waals surface area contributed by atoms with Gasteiger partial charge in [0.05, 0.1) is 28.5 Å². The number of aromatic nitrogens is 4. The van der Waals surface area contributed by atoms with E-state index in [1.165, 1.54) is 16.4 Å². The third-order valence-electron chi connectivity index (χ3n) is 5.07. The highest BCUT2D eigenvalue weighted by molar-refractivity contribution is 5.94. The Bertz CT molecular complexity index is 1080. The molecule has 2 aromatic heterocycles. The first kappa shape index (κ1) is 20.2. The molecule has 0 aliphatic carbocycles. The molecule has 1 amide bonds. The van der Waals surface area contributed by atoms with Crippen molar-refractivity contribution in [2.75, 3.05) is 5.32 Å². The Kier molecular flexibility index (Phi) is 5.49. The van der Waals surface area contributed by atoms with Crippen molar-refractivity contribution in [3.8, 4) is 0 Å². The van der Waals surface area contributed by atoms with Crippen molar-refractivity contribution in [3.63, 3.8) is 0 Å². The Hall–Kier alpha value is -3.49. The lowest BCUT2D eigenvalue weighted by molar-refractivity contribution is -0.385. The molecule has 9 heteroatoms. The number of nitro groups is 1. The fraction of sp³-hybridized carbons (Fsp3) is 0.350. The van der Waals surface area contributed by atoms with Crippen LogP contribution >= 0.6 is 0 Å². The zero-order chi connectivity index (χ0) is 21.3. The molecular formula is C20H24N6O3. The van der Waals surface area contributed by atoms with Gasteiger partial charge in [0, 0.05) is 0 Å². The summed E-state index contributed by atoms with van der Waals surface area (Å²) in [5.41, 5.74) is 4.69. The molecule has 3 aromatic rings. The lowest BCUT2D eigenvalue weighted by Gasteiger charge is -2.13. The predicted molar refractivity (Wildman–Crippen MR) is 109 cm³/mol. The van der Waals surface area contributed by atoms with E-state index in [9.17, 15) is 14.9 Å². The summed E-state index contributed by atoms with van der Waals surface area (Å²) < 4.78 is 3.17. The van der Waals surface area contributed by atoms with E-state index >= 15 is 0 Å². The second-order valence-corrected chi connectivity index (χ2v) is 7.13. The van der Waals surface area contributed by atoms with Crippen LogP contribution in [0.1, 0.15) is 41.2 Å². The molecule has 0 aliphatic heterocycles. The molecular weight excluding hydrogens is 372 g/mol. The number of anilines is 1. The molecule has 0 saturated heterocycles. The third-order valence-corrected chi connectivity index (χ3v) is 5.07. The summed E-state index contributed by atoms with van der Waals surface area (Å²) in [6.45, 7) is 9.59. The van der Waals surface area contributed by atoms with Crippen LogP contribution in [0.5, 0.6) is 0 Å². The Morgan fingerprint density at radius 2 is 1.86 bits per heavy atom. The van der Waals surface area contributed by atoms with Crippen molar-refractivity contribution >= 4 is 17.3 Å². The van der Waals surface area contributed by atoms with Gasteiger partial charge in [-0.05, 0) is 45.7 Å². The van der Waals surface area contributed by atoms with Gasteiger partial charge in [0.1, 0.15) is 17.9 Å². The molecule has 0 radical (unpaired) electrons. The van der Waals surface area contributed by atoms with Gasteiger partial charge in [-0.1, -0.05) is 24.3 Å². The van der Waals surface area contributed by atoms with Gasteiger partial charge in [-0.3, -0.25) is 24.3 Å². The van der Waals surface area contributed by atoms with E-state index in [-0.39, 0.29) is 17.3 Å². The van der Waals surface area contributed by atoms with Crippen LogP contribution in [0.3, 0.4) is 0 Å². The first-order valence-electron chi connectivity index (χ1n) is 9.28. The second-order valence-electron chi connectivity index (χ2n) is 7.13. The number of hydrogen-bond acceptors (Lipinski definition) is 5. The van der Waals surface area contributed by atoms with Crippen LogP contribution in [-0.4, -0.2) is 30.4 Å². The number of nitrogens with zero attached hydrogens (tertiary/aromatic N) is 5. The summed E-state index contributed by atoms with van der Waals surface area (Å²) in [5.74, 6) is -0.316. The maximum atomic E-state index is 12.8. The number of nitrogens with one attached hydrogen (secondary N) is 1. The summed E-state index contributed by atoms with van der Waals surface area (Å²) in [6, 6.07) is 7.38. The Labute approximate surface area is 168 Å². The van der Waals surface area contributed by atoms with Crippen molar-refractivity contribution in [1.82, 2.24) is 19.6 Å². The van der Waals surface area contributed by atoms with E-state index in [4.69, 9.17) is 0 Å². The minimum Gasteiger partial charge on any atom is -0.321 e. The molecule has 9 nitrogen and oxygen atoms in total. The van der Waals surface area contributed by atoms with Crippen LogP contribution in [0.2, 0.25) is 0 Å². The van der Waals surface area contributed by atoms with Crippen molar-refractivity contribution < 1.29 is 9.72 Å². The lowest BCUT2D eigenvalue weighted by atomic mass is 10.1. The van der Waals surface area contributed by atoms with Crippen LogP contribution < -0.4 is 5.32 Å². The summed E-state index contributed by atoms with van der Waals surface area (Å²) in [5, 5.41) is 22.6. The molecule has 0 saturated carbocycles. The van der Waals surface area contributed by atoms with Gasteiger partial charge in [0.2, 0.25) is 5.91 Å². The number of hydrogen-bond donors (Lipinski definition) is 1. The number of carbonyl (C=O) groups excluding carboxylic acids is 1. The summed E-state index contributed by atoms with van der Waals surface area (Å²) in [7, 11) is 0. The van der Waals surface area contributed by atoms with Gasteiger partial charge in [0.15, 0.2) is 0 Å². The maximum absolute atomic E-state index is 12.8. The van der Waals surface area contributed by atoms with Gasteiger partial charge in [-0.25, -0.2) is 0 Å². The molecule has 0 aliphatic rings. The number of benzene rings is 1. The number of amides is 1. The molecule has 152 valence electrons. The second kappa shape index (κ2) is 7.86. The zero-order valence-electron chi connectivity index (χ0n) is 17.1. The average molecular weight is 396 g/mol. The van der Waals surface area contributed by atoms with E-state index < -0.39 is 11.0 Å². The highest BCUT2D eigenvalue weighted by Gasteiger charge is 2.24. The first-order valence-corrected chi connectivity index (χ1v) is 9.28.